The number of rotatable bonds is 3. The quantitative estimate of drug-likeness (QED) is 0.693. The Morgan fingerprint density at radius 3 is 2.75 bits per heavy atom. The van der Waals surface area contributed by atoms with Crippen LogP contribution >= 0.6 is 0 Å². The largest absolute Gasteiger partial charge is 0.292 e. The molecule has 0 aromatic carbocycles. The van der Waals surface area contributed by atoms with Crippen molar-refractivity contribution in [2.24, 2.45) is 7.05 Å². The fourth-order valence-electron chi connectivity index (χ4n) is 1.27. The zero-order valence-corrected chi connectivity index (χ0v) is 9.08. The van der Waals surface area contributed by atoms with Gasteiger partial charge in [-0.2, -0.15) is 0 Å². The number of Topliss-reactive ketones (excluding diaryl/α,β-unsaturated/α-hetero) is 1. The molecule has 0 bridgehead atoms. The molecule has 0 unspecified atom stereocenters. The second-order valence-electron chi connectivity index (χ2n) is 3.53. The van der Waals surface area contributed by atoms with Crippen molar-refractivity contribution in [2.75, 3.05) is 0 Å². The third-order valence-electron chi connectivity index (χ3n) is 2.06. The van der Waals surface area contributed by atoms with Crippen LogP contribution < -0.4 is 0 Å². The first kappa shape index (κ1) is 10.4. The Kier molecular flexibility index (Phi) is 2.72. The molecule has 0 spiro atoms. The molecule has 0 saturated carbocycles. The van der Waals surface area contributed by atoms with Crippen molar-refractivity contribution >= 4 is 5.78 Å². The SMILES string of the molecule is Cc1cnc(C(=O)Cc2cn(C)nn2)cn1. The molecule has 0 saturated heterocycles. The van der Waals surface area contributed by atoms with Crippen LogP contribution in [-0.2, 0) is 13.5 Å². The molecule has 2 rings (SSSR count). The molecule has 2 aromatic rings. The van der Waals surface area contributed by atoms with E-state index in [0.717, 1.165) is 5.69 Å². The van der Waals surface area contributed by atoms with Gasteiger partial charge in [-0.15, -0.1) is 5.10 Å². The summed E-state index contributed by atoms with van der Waals surface area (Å²) >= 11 is 0. The first-order chi connectivity index (χ1) is 7.65. The third-order valence-corrected chi connectivity index (χ3v) is 2.06. The second-order valence-corrected chi connectivity index (χ2v) is 3.53. The van der Waals surface area contributed by atoms with Gasteiger partial charge in [0.15, 0.2) is 5.78 Å². The van der Waals surface area contributed by atoms with Crippen molar-refractivity contribution < 1.29 is 4.79 Å². The molecular weight excluding hydrogens is 206 g/mol. The van der Waals surface area contributed by atoms with Crippen LogP contribution in [0.4, 0.5) is 0 Å². The lowest BCUT2D eigenvalue weighted by atomic mass is 10.2. The first-order valence-electron chi connectivity index (χ1n) is 4.82. The summed E-state index contributed by atoms with van der Waals surface area (Å²) in [6.45, 7) is 1.82. The molecule has 6 nitrogen and oxygen atoms in total. The van der Waals surface area contributed by atoms with Gasteiger partial charge in [0, 0.05) is 19.4 Å². The number of hydrogen-bond acceptors (Lipinski definition) is 5. The Labute approximate surface area is 92.3 Å². The Morgan fingerprint density at radius 1 is 1.38 bits per heavy atom. The van der Waals surface area contributed by atoms with Crippen molar-refractivity contribution in [3.8, 4) is 0 Å². The molecule has 16 heavy (non-hydrogen) atoms. The third kappa shape index (κ3) is 2.28. The summed E-state index contributed by atoms with van der Waals surface area (Å²) in [5, 5.41) is 7.60. The van der Waals surface area contributed by atoms with Gasteiger partial charge in [0.2, 0.25) is 0 Å². The van der Waals surface area contributed by atoms with Crippen molar-refractivity contribution in [1.29, 1.82) is 0 Å². The highest BCUT2D eigenvalue weighted by Gasteiger charge is 2.10. The first-order valence-corrected chi connectivity index (χ1v) is 4.82. The molecule has 0 radical (unpaired) electrons. The minimum atomic E-state index is -0.104. The van der Waals surface area contributed by atoms with Crippen molar-refractivity contribution in [3.05, 3.63) is 35.7 Å². The Morgan fingerprint density at radius 2 is 2.19 bits per heavy atom. The lowest BCUT2D eigenvalue weighted by molar-refractivity contribution is 0.0986. The molecule has 6 heteroatoms. The Bertz CT molecular complexity index is 502. The van der Waals surface area contributed by atoms with Gasteiger partial charge in [-0.25, -0.2) is 4.98 Å². The number of nitrogens with zero attached hydrogens (tertiary/aromatic N) is 5. The topological polar surface area (TPSA) is 73.6 Å². The zero-order valence-electron chi connectivity index (χ0n) is 9.08. The summed E-state index contributed by atoms with van der Waals surface area (Å²) in [7, 11) is 1.76. The lowest BCUT2D eigenvalue weighted by Crippen LogP contribution is -2.07. The van der Waals surface area contributed by atoms with Gasteiger partial charge in [0.1, 0.15) is 5.69 Å². The summed E-state index contributed by atoms with van der Waals surface area (Å²) in [5.74, 6) is -0.104. The van der Waals surface area contributed by atoms with E-state index in [2.05, 4.69) is 20.3 Å². The minimum absolute atomic E-state index is 0.104. The van der Waals surface area contributed by atoms with E-state index in [-0.39, 0.29) is 12.2 Å². The summed E-state index contributed by atoms with van der Waals surface area (Å²) in [6.07, 6.45) is 4.96. The molecule has 0 aliphatic heterocycles. The number of hydrogen-bond donors (Lipinski definition) is 0. The average Bonchev–Trinajstić information content (AvgIpc) is 2.65. The molecule has 0 fully saturated rings. The van der Waals surface area contributed by atoms with Gasteiger partial charge in [0.25, 0.3) is 0 Å². The van der Waals surface area contributed by atoms with Crippen LogP contribution in [0.5, 0.6) is 0 Å². The van der Waals surface area contributed by atoms with Crippen molar-refractivity contribution in [2.45, 2.75) is 13.3 Å². The van der Waals surface area contributed by atoms with Crippen molar-refractivity contribution in [3.63, 3.8) is 0 Å². The van der Waals surface area contributed by atoms with Gasteiger partial charge >= 0.3 is 0 Å². The minimum Gasteiger partial charge on any atom is -0.292 e. The molecular formula is C10H11N5O. The standard InChI is InChI=1S/C10H11N5O/c1-7-4-12-9(5-11-7)10(16)3-8-6-15(2)14-13-8/h4-6H,3H2,1-2H3. The van der Waals surface area contributed by atoms with Gasteiger partial charge < -0.3 is 0 Å². The number of aromatic nitrogens is 5. The normalized spacial score (nSPS) is 10.4. The maximum atomic E-state index is 11.8. The molecule has 0 N–H and O–H groups in total. The predicted molar refractivity (Wildman–Crippen MR) is 55.8 cm³/mol. The smallest absolute Gasteiger partial charge is 0.188 e. The molecule has 0 aliphatic carbocycles. The fraction of sp³-hybridized carbons (Fsp3) is 0.300. The molecule has 0 aliphatic rings. The average molecular weight is 217 g/mol. The van der Waals surface area contributed by atoms with E-state index in [4.69, 9.17) is 0 Å². The maximum absolute atomic E-state index is 11.8. The molecule has 0 amide bonds. The van der Waals surface area contributed by atoms with Gasteiger partial charge in [-0.1, -0.05) is 5.21 Å². The predicted octanol–water partition coefficient (Wildman–Crippen LogP) is 0.339. The van der Waals surface area contributed by atoms with E-state index in [9.17, 15) is 4.79 Å². The summed E-state index contributed by atoms with van der Waals surface area (Å²) in [5.41, 5.74) is 1.78. The number of aryl methyl sites for hydroxylation is 2. The zero-order chi connectivity index (χ0) is 11.5. The summed E-state index contributed by atoms with van der Waals surface area (Å²) in [6, 6.07) is 0. The Balaban J connectivity index is 2.11. The molecule has 2 aromatic heterocycles. The van der Waals surface area contributed by atoms with Gasteiger partial charge in [-0.05, 0) is 6.92 Å². The highest BCUT2D eigenvalue weighted by molar-refractivity contribution is 5.95. The summed E-state index contributed by atoms with van der Waals surface area (Å²) < 4.78 is 1.56. The van der Waals surface area contributed by atoms with Crippen LogP contribution in [0.1, 0.15) is 21.9 Å². The molecule has 2 heterocycles. The van der Waals surface area contributed by atoms with Gasteiger partial charge in [0.05, 0.1) is 24.0 Å². The number of carbonyl (C=O) groups is 1. The summed E-state index contributed by atoms with van der Waals surface area (Å²) in [4.78, 5) is 19.8. The van der Waals surface area contributed by atoms with E-state index in [1.54, 1.807) is 24.1 Å². The number of ketones is 1. The van der Waals surface area contributed by atoms with E-state index >= 15 is 0 Å². The highest BCUT2D eigenvalue weighted by atomic mass is 16.1. The van der Waals surface area contributed by atoms with Crippen LogP contribution in [-0.4, -0.2) is 30.7 Å². The maximum Gasteiger partial charge on any atom is 0.188 e. The van der Waals surface area contributed by atoms with Crippen LogP contribution in [0.2, 0.25) is 0 Å². The highest BCUT2D eigenvalue weighted by Crippen LogP contribution is 2.01. The van der Waals surface area contributed by atoms with E-state index in [0.29, 0.717) is 11.4 Å². The van der Waals surface area contributed by atoms with Crippen LogP contribution in [0.15, 0.2) is 18.6 Å². The van der Waals surface area contributed by atoms with Crippen LogP contribution in [0.3, 0.4) is 0 Å². The Hall–Kier alpha value is -2.11. The lowest BCUT2D eigenvalue weighted by Gasteiger charge is -1.97. The molecule has 0 atom stereocenters. The van der Waals surface area contributed by atoms with Crippen LogP contribution in [0.25, 0.3) is 0 Å². The van der Waals surface area contributed by atoms with Crippen molar-refractivity contribution in [1.82, 2.24) is 25.0 Å². The molecule has 82 valence electrons. The fourth-order valence-corrected chi connectivity index (χ4v) is 1.27. The van der Waals surface area contributed by atoms with E-state index in [1.807, 2.05) is 6.92 Å². The van der Waals surface area contributed by atoms with Crippen LogP contribution in [0, 0.1) is 6.92 Å². The van der Waals surface area contributed by atoms with Gasteiger partial charge in [-0.3, -0.25) is 14.5 Å². The van der Waals surface area contributed by atoms with E-state index in [1.165, 1.54) is 6.20 Å². The second kappa shape index (κ2) is 4.18. The van der Waals surface area contributed by atoms with E-state index < -0.39 is 0 Å². The number of carbonyl (C=O) groups excluding carboxylic acids is 1. The monoisotopic (exact) mass is 217 g/mol.